The minimum absolute atomic E-state index is 0.587. The smallest absolute Gasteiger partial charge is 0.0655 e. The summed E-state index contributed by atoms with van der Waals surface area (Å²) in [6.45, 7) is 4.23. The molecule has 11 heavy (non-hydrogen) atoms. The van der Waals surface area contributed by atoms with Gasteiger partial charge in [-0.15, -0.1) is 0 Å². The van der Waals surface area contributed by atoms with E-state index in [1.54, 1.807) is 0 Å². The molecule has 60 valence electrons. The molecule has 1 aliphatic heterocycles. The van der Waals surface area contributed by atoms with Gasteiger partial charge in [0.1, 0.15) is 0 Å². The van der Waals surface area contributed by atoms with Crippen LogP contribution in [0.15, 0.2) is 12.3 Å². The summed E-state index contributed by atoms with van der Waals surface area (Å²) in [4.78, 5) is 0. The molecule has 0 spiro atoms. The second kappa shape index (κ2) is 2.66. The van der Waals surface area contributed by atoms with Gasteiger partial charge in [0.25, 0.3) is 0 Å². The zero-order chi connectivity index (χ0) is 7.68. The third-order valence-electron chi connectivity index (χ3n) is 2.15. The van der Waals surface area contributed by atoms with E-state index < -0.39 is 0 Å². The fraction of sp³-hybridized carbons (Fsp3) is 0.625. The van der Waals surface area contributed by atoms with Crippen molar-refractivity contribution < 1.29 is 0 Å². The van der Waals surface area contributed by atoms with E-state index in [4.69, 9.17) is 0 Å². The van der Waals surface area contributed by atoms with Gasteiger partial charge in [-0.1, -0.05) is 0 Å². The van der Waals surface area contributed by atoms with Crippen molar-refractivity contribution >= 4 is 0 Å². The molecule has 3 heteroatoms. The van der Waals surface area contributed by atoms with Gasteiger partial charge in [-0.05, 0) is 26.0 Å². The normalized spacial score (nSPS) is 24.3. The van der Waals surface area contributed by atoms with Gasteiger partial charge >= 0.3 is 0 Å². The molecule has 1 atom stereocenters. The van der Waals surface area contributed by atoms with Crippen molar-refractivity contribution in [3.05, 3.63) is 18.0 Å². The lowest BCUT2D eigenvalue weighted by Gasteiger charge is -2.07. The lowest BCUT2D eigenvalue weighted by atomic mass is 10.3. The van der Waals surface area contributed by atoms with E-state index in [2.05, 4.69) is 27.4 Å². The van der Waals surface area contributed by atoms with Crippen molar-refractivity contribution in [1.29, 1.82) is 0 Å². The van der Waals surface area contributed by atoms with Gasteiger partial charge in [-0.3, -0.25) is 4.68 Å². The largest absolute Gasteiger partial charge is 0.315 e. The van der Waals surface area contributed by atoms with Gasteiger partial charge in [0.15, 0.2) is 0 Å². The fourth-order valence-corrected chi connectivity index (χ4v) is 1.50. The Morgan fingerprint density at radius 2 is 2.64 bits per heavy atom. The van der Waals surface area contributed by atoms with Crippen molar-refractivity contribution in [2.24, 2.45) is 0 Å². The van der Waals surface area contributed by atoms with E-state index in [0.717, 1.165) is 18.8 Å². The predicted octanol–water partition coefficient (Wildman–Crippen LogP) is 0.726. The Morgan fingerprint density at radius 1 is 1.73 bits per heavy atom. The van der Waals surface area contributed by atoms with Gasteiger partial charge < -0.3 is 5.32 Å². The molecule has 0 bridgehead atoms. The number of nitrogens with zero attached hydrogens (tertiary/aromatic N) is 2. The highest BCUT2D eigenvalue weighted by Gasteiger charge is 2.15. The van der Waals surface area contributed by atoms with Crippen LogP contribution in [0.1, 0.15) is 18.2 Å². The lowest BCUT2D eigenvalue weighted by molar-refractivity contribution is 0.488. The molecule has 2 heterocycles. The quantitative estimate of drug-likeness (QED) is 0.641. The van der Waals surface area contributed by atoms with Crippen LogP contribution in [0, 0.1) is 6.92 Å². The fourth-order valence-electron chi connectivity index (χ4n) is 1.50. The van der Waals surface area contributed by atoms with E-state index in [-0.39, 0.29) is 0 Å². The van der Waals surface area contributed by atoms with E-state index in [1.807, 2.05) is 6.92 Å². The maximum absolute atomic E-state index is 4.37. The second-order valence-corrected chi connectivity index (χ2v) is 3.08. The molecule has 1 aromatic heterocycles. The molecular formula is C8H13N3. The van der Waals surface area contributed by atoms with Crippen molar-refractivity contribution in [3.63, 3.8) is 0 Å². The number of hydrogen-bond acceptors (Lipinski definition) is 2. The molecule has 0 aromatic carbocycles. The Kier molecular flexibility index (Phi) is 1.66. The topological polar surface area (TPSA) is 29.9 Å². The van der Waals surface area contributed by atoms with Crippen LogP contribution >= 0.6 is 0 Å². The highest BCUT2D eigenvalue weighted by atomic mass is 15.3. The predicted molar refractivity (Wildman–Crippen MR) is 43.5 cm³/mol. The standard InChI is InChI=1S/C8H13N3/c1-7-3-5-11(10-7)8-2-4-9-6-8/h3,5,8-9H,2,4,6H2,1H3/t8-/m1/s1. The van der Waals surface area contributed by atoms with Crippen LogP contribution in [0.4, 0.5) is 0 Å². The summed E-state index contributed by atoms with van der Waals surface area (Å²) in [5, 5.41) is 7.69. The second-order valence-electron chi connectivity index (χ2n) is 3.08. The maximum Gasteiger partial charge on any atom is 0.0655 e. The highest BCUT2D eigenvalue weighted by Crippen LogP contribution is 2.13. The Morgan fingerprint density at radius 3 is 3.18 bits per heavy atom. The van der Waals surface area contributed by atoms with Gasteiger partial charge in [0, 0.05) is 12.7 Å². The van der Waals surface area contributed by atoms with Gasteiger partial charge in [-0.25, -0.2) is 0 Å². The molecule has 0 amide bonds. The number of rotatable bonds is 1. The summed E-state index contributed by atoms with van der Waals surface area (Å²) in [7, 11) is 0. The molecule has 2 rings (SSSR count). The van der Waals surface area contributed by atoms with Crippen LogP contribution in [-0.2, 0) is 0 Å². The van der Waals surface area contributed by atoms with E-state index >= 15 is 0 Å². The zero-order valence-corrected chi connectivity index (χ0v) is 6.75. The summed E-state index contributed by atoms with van der Waals surface area (Å²) in [6.07, 6.45) is 3.27. The molecule has 1 saturated heterocycles. The average Bonchev–Trinajstić information content (AvgIpc) is 2.55. The van der Waals surface area contributed by atoms with Crippen LogP contribution in [0.2, 0.25) is 0 Å². The Labute approximate surface area is 66.4 Å². The first-order chi connectivity index (χ1) is 5.36. The van der Waals surface area contributed by atoms with Crippen molar-refractivity contribution in [2.75, 3.05) is 13.1 Å². The summed E-state index contributed by atoms with van der Waals surface area (Å²) in [5.74, 6) is 0. The first-order valence-corrected chi connectivity index (χ1v) is 4.09. The van der Waals surface area contributed by atoms with E-state index in [9.17, 15) is 0 Å². The summed E-state index contributed by atoms with van der Waals surface area (Å²) < 4.78 is 2.06. The third-order valence-corrected chi connectivity index (χ3v) is 2.15. The maximum atomic E-state index is 4.37. The van der Waals surface area contributed by atoms with Crippen LogP contribution in [0.5, 0.6) is 0 Å². The zero-order valence-electron chi connectivity index (χ0n) is 6.75. The monoisotopic (exact) mass is 151 g/mol. The van der Waals surface area contributed by atoms with Crippen LogP contribution < -0.4 is 5.32 Å². The number of nitrogens with one attached hydrogen (secondary N) is 1. The summed E-state index contributed by atoms with van der Waals surface area (Å²) in [6, 6.07) is 2.64. The number of aromatic nitrogens is 2. The molecule has 0 radical (unpaired) electrons. The number of hydrogen-bond donors (Lipinski definition) is 1. The summed E-state index contributed by atoms with van der Waals surface area (Å²) in [5.41, 5.74) is 1.11. The minimum atomic E-state index is 0.587. The Bertz CT molecular complexity index is 235. The van der Waals surface area contributed by atoms with Crippen LogP contribution in [-0.4, -0.2) is 22.9 Å². The van der Waals surface area contributed by atoms with Gasteiger partial charge in [-0.2, -0.15) is 5.10 Å². The van der Waals surface area contributed by atoms with Gasteiger partial charge in [0.2, 0.25) is 0 Å². The molecule has 1 N–H and O–H groups in total. The molecule has 1 fully saturated rings. The molecule has 1 aromatic rings. The van der Waals surface area contributed by atoms with E-state index in [0.29, 0.717) is 6.04 Å². The van der Waals surface area contributed by atoms with Gasteiger partial charge in [0.05, 0.1) is 11.7 Å². The molecule has 0 saturated carbocycles. The molecule has 1 aliphatic rings. The van der Waals surface area contributed by atoms with Crippen LogP contribution in [0.25, 0.3) is 0 Å². The van der Waals surface area contributed by atoms with Crippen LogP contribution in [0.3, 0.4) is 0 Å². The highest BCUT2D eigenvalue weighted by molar-refractivity contribution is 4.96. The molecular weight excluding hydrogens is 138 g/mol. The molecule has 0 aliphatic carbocycles. The van der Waals surface area contributed by atoms with Crippen molar-refractivity contribution in [1.82, 2.24) is 15.1 Å². The molecule has 3 nitrogen and oxygen atoms in total. The third kappa shape index (κ3) is 1.28. The number of aryl methyl sites for hydroxylation is 1. The first kappa shape index (κ1) is 6.85. The summed E-state index contributed by atoms with van der Waals surface area (Å²) >= 11 is 0. The minimum Gasteiger partial charge on any atom is -0.315 e. The first-order valence-electron chi connectivity index (χ1n) is 4.09. The lowest BCUT2D eigenvalue weighted by Crippen LogP contribution is -2.13. The average molecular weight is 151 g/mol. The van der Waals surface area contributed by atoms with Crippen molar-refractivity contribution in [2.45, 2.75) is 19.4 Å². The Balaban J connectivity index is 2.15. The van der Waals surface area contributed by atoms with E-state index in [1.165, 1.54) is 6.42 Å². The molecule has 0 unspecified atom stereocenters. The SMILES string of the molecule is Cc1ccn([C@@H]2CCNC2)n1. The van der Waals surface area contributed by atoms with Crippen molar-refractivity contribution in [3.8, 4) is 0 Å². The Hall–Kier alpha value is -0.830.